The van der Waals surface area contributed by atoms with E-state index in [1.165, 1.54) is 167 Å². The summed E-state index contributed by atoms with van der Waals surface area (Å²) in [5.41, 5.74) is 0. The minimum absolute atomic E-state index is 0.176. The number of carbonyl (C=O) groups is 3. The quantitative estimate of drug-likeness (QED) is 0.0211. The first-order valence-corrected chi connectivity index (χ1v) is 31.8. The maximum atomic E-state index is 12.9. The van der Waals surface area contributed by atoms with E-state index in [1.54, 1.807) is 0 Å². The van der Waals surface area contributed by atoms with Crippen LogP contribution < -0.4 is 0 Å². The fourth-order valence-electron chi connectivity index (χ4n) is 8.78. The monoisotopic (exact) mass is 1080 g/mol. The summed E-state index contributed by atoms with van der Waals surface area (Å²) in [5.74, 6) is -2.06. The molecule has 0 amide bonds. The zero-order valence-electron chi connectivity index (χ0n) is 50.6. The van der Waals surface area contributed by atoms with E-state index in [4.69, 9.17) is 18.9 Å². The van der Waals surface area contributed by atoms with Gasteiger partial charge in [-0.05, 0) is 89.9 Å². The molecule has 2 unspecified atom stereocenters. The zero-order valence-corrected chi connectivity index (χ0v) is 50.6. The first-order valence-electron chi connectivity index (χ1n) is 31.8. The average molecular weight is 1080 g/mol. The molecule has 0 aromatic heterocycles. The Morgan fingerprint density at radius 1 is 0.403 bits per heavy atom. The number of nitrogens with zero attached hydrogens (tertiary/aromatic N) is 1. The van der Waals surface area contributed by atoms with Gasteiger partial charge in [0.1, 0.15) is 13.2 Å². The van der Waals surface area contributed by atoms with Crippen molar-refractivity contribution < 1.29 is 42.9 Å². The molecule has 2 atom stereocenters. The lowest BCUT2D eigenvalue weighted by atomic mass is 10.0. The Kier molecular flexibility index (Phi) is 55.9. The van der Waals surface area contributed by atoms with E-state index < -0.39 is 24.3 Å². The van der Waals surface area contributed by atoms with Gasteiger partial charge in [-0.1, -0.05) is 253 Å². The van der Waals surface area contributed by atoms with Crippen LogP contribution >= 0.6 is 0 Å². The van der Waals surface area contributed by atoms with Crippen molar-refractivity contribution in [1.82, 2.24) is 0 Å². The smallest absolute Gasteiger partial charge is 0.361 e. The van der Waals surface area contributed by atoms with Gasteiger partial charge in [-0.2, -0.15) is 0 Å². The Morgan fingerprint density at radius 3 is 1.14 bits per heavy atom. The molecule has 0 aromatic carbocycles. The number of hydrogen-bond donors (Lipinski definition) is 1. The molecule has 0 heterocycles. The van der Waals surface area contributed by atoms with Gasteiger partial charge < -0.3 is 28.5 Å². The Morgan fingerprint density at radius 2 is 0.740 bits per heavy atom. The maximum Gasteiger partial charge on any atom is 0.361 e. The number of likely N-dealkylation sites (N-methyl/N-ethyl adjacent to an activating group) is 1. The first kappa shape index (κ1) is 73.5. The van der Waals surface area contributed by atoms with Crippen LogP contribution in [0.1, 0.15) is 271 Å². The van der Waals surface area contributed by atoms with Crippen LogP contribution in [-0.4, -0.2) is 87.4 Å². The van der Waals surface area contributed by atoms with Gasteiger partial charge in [0, 0.05) is 12.8 Å². The van der Waals surface area contributed by atoms with Crippen molar-refractivity contribution in [2.24, 2.45) is 0 Å². The number of ether oxygens (including phenoxy) is 4. The molecule has 0 spiro atoms. The zero-order chi connectivity index (χ0) is 56.2. The number of allylic oxidation sites excluding steroid dienone is 14. The molecular formula is C68H120NO8+. The predicted molar refractivity (Wildman–Crippen MR) is 327 cm³/mol. The van der Waals surface area contributed by atoms with E-state index in [1.807, 2.05) is 21.1 Å². The van der Waals surface area contributed by atoms with Gasteiger partial charge in [0.05, 0.1) is 34.4 Å². The highest BCUT2D eigenvalue weighted by molar-refractivity contribution is 5.71. The number of quaternary nitrogens is 1. The summed E-state index contributed by atoms with van der Waals surface area (Å²) in [6, 6.07) is 0. The van der Waals surface area contributed by atoms with Crippen LogP contribution in [0, 0.1) is 0 Å². The van der Waals surface area contributed by atoms with Crippen molar-refractivity contribution in [2.75, 3.05) is 47.5 Å². The predicted octanol–water partition coefficient (Wildman–Crippen LogP) is 19.1. The van der Waals surface area contributed by atoms with Crippen molar-refractivity contribution in [3.63, 3.8) is 0 Å². The summed E-state index contributed by atoms with van der Waals surface area (Å²) >= 11 is 0. The topological polar surface area (TPSA) is 108 Å². The molecule has 1 N–H and O–H groups in total. The lowest BCUT2D eigenvalue weighted by Crippen LogP contribution is -2.40. The number of aliphatic carboxylic acids is 1. The number of hydrogen-bond acceptors (Lipinski definition) is 7. The van der Waals surface area contributed by atoms with Crippen LogP contribution in [0.25, 0.3) is 0 Å². The van der Waals surface area contributed by atoms with Gasteiger partial charge in [0.2, 0.25) is 0 Å². The molecule has 0 radical (unpaired) electrons. The van der Waals surface area contributed by atoms with Crippen molar-refractivity contribution in [3.05, 3.63) is 85.1 Å². The summed E-state index contributed by atoms with van der Waals surface area (Å²) < 4.78 is 22.9. The summed E-state index contributed by atoms with van der Waals surface area (Å²) in [7, 11) is 5.95. The Balaban J connectivity index is 4.18. The number of esters is 2. The molecular weight excluding hydrogens is 959 g/mol. The normalized spacial score (nSPS) is 13.3. The molecule has 0 bridgehead atoms. The molecule has 444 valence electrons. The second kappa shape index (κ2) is 58.6. The fourth-order valence-corrected chi connectivity index (χ4v) is 8.78. The number of carboxylic acids is 1. The van der Waals surface area contributed by atoms with Crippen LogP contribution in [0.2, 0.25) is 0 Å². The summed E-state index contributed by atoms with van der Waals surface area (Å²) in [6.45, 7) is 4.73. The van der Waals surface area contributed by atoms with E-state index in [-0.39, 0.29) is 32.2 Å². The molecule has 0 saturated carbocycles. The van der Waals surface area contributed by atoms with Gasteiger partial charge >= 0.3 is 17.9 Å². The van der Waals surface area contributed by atoms with Crippen molar-refractivity contribution in [2.45, 2.75) is 283 Å². The van der Waals surface area contributed by atoms with E-state index in [0.717, 1.165) is 70.6 Å². The Hall–Kier alpha value is -3.53. The summed E-state index contributed by atoms with van der Waals surface area (Å²) in [6.07, 6.45) is 75.5. The van der Waals surface area contributed by atoms with Gasteiger partial charge in [0.25, 0.3) is 6.29 Å². The molecule has 9 nitrogen and oxygen atoms in total. The van der Waals surface area contributed by atoms with Crippen LogP contribution in [-0.2, 0) is 33.3 Å². The van der Waals surface area contributed by atoms with Crippen LogP contribution in [0.5, 0.6) is 0 Å². The van der Waals surface area contributed by atoms with Crippen LogP contribution in [0.4, 0.5) is 0 Å². The van der Waals surface area contributed by atoms with Gasteiger partial charge in [0.15, 0.2) is 6.10 Å². The molecule has 0 aromatic rings. The number of unbranched alkanes of at least 4 members (excludes halogenated alkanes) is 29. The van der Waals surface area contributed by atoms with Crippen LogP contribution in [0.15, 0.2) is 85.1 Å². The largest absolute Gasteiger partial charge is 0.477 e. The average Bonchev–Trinajstić information content (AvgIpc) is 3.40. The van der Waals surface area contributed by atoms with E-state index in [9.17, 15) is 19.5 Å². The van der Waals surface area contributed by atoms with Crippen molar-refractivity contribution in [3.8, 4) is 0 Å². The Bertz CT molecular complexity index is 1540. The second-order valence-electron chi connectivity index (χ2n) is 22.3. The molecule has 0 fully saturated rings. The standard InChI is InChI=1S/C68H119NO8/c1-6-8-10-12-14-16-18-20-22-24-26-28-29-30-31-32-33-34-35-36-37-39-40-42-44-46-48-50-52-54-56-58-65(70)75-62-64(63-76-68(67(72)73)74-61-60-69(3,4)5)77-66(71)59-57-55-53-51-49-47-45-43-41-38-27-25-23-21-19-17-15-13-11-9-7-2/h9,11,15,17,21,23-24,26-27,38,43,45,49,51,64,68H,6-8,10,12-14,16,18-20,22,25,28-37,39-42,44,46-48,50,52-63H2,1-5H3/p+1/b11-9-,17-15-,23-21-,26-24-,38-27-,45-43-,51-49-. The minimum atomic E-state index is -1.53. The van der Waals surface area contributed by atoms with Gasteiger partial charge in [-0.25, -0.2) is 4.79 Å². The third kappa shape index (κ3) is 60.0. The van der Waals surface area contributed by atoms with Crippen molar-refractivity contribution in [1.29, 1.82) is 0 Å². The molecule has 0 aliphatic rings. The SMILES string of the molecule is CC/C=C\C/C=C\C/C=C\C/C=C\C/C=C\C/C=C\CCCCC(=O)OC(COC(=O)CCCCCCCCCCCCCCCCCCCCC/C=C\CCCCCCCCCC)COC(OCC[N+](C)(C)C)C(=O)O. The third-order valence-corrected chi connectivity index (χ3v) is 13.6. The van der Waals surface area contributed by atoms with Gasteiger partial charge in [-0.15, -0.1) is 0 Å². The number of carbonyl (C=O) groups excluding carboxylic acids is 2. The van der Waals surface area contributed by atoms with E-state index in [2.05, 4.69) is 98.9 Å². The fraction of sp³-hybridized carbons (Fsp3) is 0.750. The van der Waals surface area contributed by atoms with Gasteiger partial charge in [-0.3, -0.25) is 9.59 Å². The molecule has 77 heavy (non-hydrogen) atoms. The lowest BCUT2D eigenvalue weighted by Gasteiger charge is -2.25. The number of carboxylic acid groups (broad SMARTS) is 1. The molecule has 0 saturated heterocycles. The number of rotatable bonds is 58. The first-order chi connectivity index (χ1) is 37.6. The lowest BCUT2D eigenvalue weighted by molar-refractivity contribution is -0.870. The second-order valence-corrected chi connectivity index (χ2v) is 22.3. The molecule has 0 rings (SSSR count). The molecule has 0 aliphatic heterocycles. The summed E-state index contributed by atoms with van der Waals surface area (Å²) in [4.78, 5) is 37.5. The van der Waals surface area contributed by atoms with E-state index >= 15 is 0 Å². The molecule has 0 aliphatic carbocycles. The highest BCUT2D eigenvalue weighted by Crippen LogP contribution is 2.17. The minimum Gasteiger partial charge on any atom is -0.477 e. The maximum absolute atomic E-state index is 12.9. The highest BCUT2D eigenvalue weighted by atomic mass is 16.7. The Labute approximate surface area is 474 Å². The summed E-state index contributed by atoms with van der Waals surface area (Å²) in [5, 5.41) is 9.71. The van der Waals surface area contributed by atoms with E-state index in [0.29, 0.717) is 23.9 Å². The van der Waals surface area contributed by atoms with Crippen LogP contribution in [0.3, 0.4) is 0 Å². The molecule has 9 heteroatoms. The highest BCUT2D eigenvalue weighted by Gasteiger charge is 2.25. The van der Waals surface area contributed by atoms with Crippen molar-refractivity contribution >= 4 is 17.9 Å². The third-order valence-electron chi connectivity index (χ3n) is 13.6.